The summed E-state index contributed by atoms with van der Waals surface area (Å²) in [6.07, 6.45) is 3.14. The monoisotopic (exact) mass is 405 g/mol. The van der Waals surface area contributed by atoms with Crippen LogP contribution in [0.25, 0.3) is 10.9 Å². The Morgan fingerprint density at radius 3 is 2.86 bits per heavy atom. The van der Waals surface area contributed by atoms with E-state index < -0.39 is 0 Å². The first-order valence-electron chi connectivity index (χ1n) is 6.89. The molecule has 0 radical (unpaired) electrons. The fraction of sp³-hybridized carbons (Fsp3) is 0.176. The van der Waals surface area contributed by atoms with Crippen molar-refractivity contribution >= 4 is 42.8 Å². The van der Waals surface area contributed by atoms with Crippen molar-refractivity contribution < 1.29 is 4.74 Å². The van der Waals surface area contributed by atoms with Gasteiger partial charge in [-0.15, -0.1) is 0 Å². The molecule has 21 heavy (non-hydrogen) atoms. The molecule has 2 aromatic carbocycles. The maximum Gasteiger partial charge on any atom is 0.127 e. The zero-order chi connectivity index (χ0) is 14.4. The fourth-order valence-corrected chi connectivity index (χ4v) is 3.84. The molecule has 0 unspecified atom stereocenters. The Balaban J connectivity index is 1.80. The summed E-state index contributed by atoms with van der Waals surface area (Å²) in [5.41, 5.74) is 3.77. The Bertz CT molecular complexity index is 838. The number of aromatic nitrogens is 1. The van der Waals surface area contributed by atoms with Crippen LogP contribution in [0.15, 0.2) is 51.5 Å². The highest BCUT2D eigenvalue weighted by molar-refractivity contribution is 9.10. The number of nitrogens with zero attached hydrogens (tertiary/aromatic N) is 1. The highest BCUT2D eigenvalue weighted by atomic mass is 79.9. The average Bonchev–Trinajstić information content (AvgIpc) is 3.06. The third kappa shape index (κ3) is 2.40. The van der Waals surface area contributed by atoms with E-state index in [0.29, 0.717) is 0 Å². The van der Waals surface area contributed by atoms with Gasteiger partial charge in [-0.3, -0.25) is 0 Å². The van der Waals surface area contributed by atoms with Crippen LogP contribution in [-0.4, -0.2) is 11.2 Å². The van der Waals surface area contributed by atoms with E-state index >= 15 is 0 Å². The molecule has 0 saturated carbocycles. The molecular formula is C17H13Br2NO. The van der Waals surface area contributed by atoms with Crippen molar-refractivity contribution in [3.05, 3.63) is 62.7 Å². The lowest BCUT2D eigenvalue weighted by Crippen LogP contribution is -2.00. The molecule has 0 aliphatic carbocycles. The zero-order valence-electron chi connectivity index (χ0n) is 11.3. The molecule has 1 aliphatic heterocycles. The highest BCUT2D eigenvalue weighted by Crippen LogP contribution is 2.34. The molecule has 1 aliphatic rings. The third-order valence-corrected chi connectivity index (χ3v) is 4.85. The number of hydrogen-bond donors (Lipinski definition) is 0. The third-order valence-electron chi connectivity index (χ3n) is 3.90. The lowest BCUT2D eigenvalue weighted by Gasteiger charge is -2.11. The minimum atomic E-state index is 0.788. The number of ether oxygens (including phenoxy) is 1. The molecule has 2 heterocycles. The van der Waals surface area contributed by atoms with E-state index in [4.69, 9.17) is 4.74 Å². The average molecular weight is 407 g/mol. The van der Waals surface area contributed by atoms with Crippen LogP contribution in [0.4, 0.5) is 0 Å². The summed E-state index contributed by atoms with van der Waals surface area (Å²) in [7, 11) is 0. The maximum absolute atomic E-state index is 5.83. The van der Waals surface area contributed by atoms with Crippen LogP contribution in [0.2, 0.25) is 0 Å². The van der Waals surface area contributed by atoms with E-state index in [9.17, 15) is 0 Å². The summed E-state index contributed by atoms with van der Waals surface area (Å²) in [5.74, 6) is 1.06. The molecule has 0 N–H and O–H groups in total. The standard InChI is InChI=1S/C17H13Br2NO/c18-14-2-1-11-3-5-20(16(11)9-14)10-13-8-15(19)7-12-4-6-21-17(12)13/h1-3,5,7-9H,4,6,10H2. The van der Waals surface area contributed by atoms with Crippen LogP contribution >= 0.6 is 31.9 Å². The van der Waals surface area contributed by atoms with Crippen molar-refractivity contribution in [2.24, 2.45) is 0 Å². The first-order valence-corrected chi connectivity index (χ1v) is 8.48. The van der Waals surface area contributed by atoms with Crippen LogP contribution in [0, 0.1) is 0 Å². The second-order valence-corrected chi connectivity index (χ2v) is 7.13. The normalized spacial score (nSPS) is 13.4. The van der Waals surface area contributed by atoms with E-state index in [1.54, 1.807) is 0 Å². The van der Waals surface area contributed by atoms with Gasteiger partial charge in [0.05, 0.1) is 13.2 Å². The van der Waals surface area contributed by atoms with E-state index in [2.05, 4.69) is 79.0 Å². The molecule has 0 fully saturated rings. The molecule has 2 nitrogen and oxygen atoms in total. The lowest BCUT2D eigenvalue weighted by molar-refractivity contribution is 0.353. The smallest absolute Gasteiger partial charge is 0.127 e. The van der Waals surface area contributed by atoms with Gasteiger partial charge in [0.25, 0.3) is 0 Å². The number of halogens is 2. The minimum absolute atomic E-state index is 0.788. The van der Waals surface area contributed by atoms with E-state index in [1.165, 1.54) is 22.0 Å². The predicted molar refractivity (Wildman–Crippen MR) is 92.1 cm³/mol. The van der Waals surface area contributed by atoms with Crippen molar-refractivity contribution in [3.63, 3.8) is 0 Å². The van der Waals surface area contributed by atoms with Crippen LogP contribution in [0.3, 0.4) is 0 Å². The van der Waals surface area contributed by atoms with Crippen molar-refractivity contribution in [1.82, 2.24) is 4.57 Å². The van der Waals surface area contributed by atoms with Crippen LogP contribution < -0.4 is 4.74 Å². The topological polar surface area (TPSA) is 14.2 Å². The summed E-state index contributed by atoms with van der Waals surface area (Å²) < 4.78 is 10.3. The van der Waals surface area contributed by atoms with Gasteiger partial charge in [0.15, 0.2) is 0 Å². The van der Waals surface area contributed by atoms with Gasteiger partial charge in [-0.25, -0.2) is 0 Å². The van der Waals surface area contributed by atoms with Gasteiger partial charge in [-0.1, -0.05) is 37.9 Å². The van der Waals surface area contributed by atoms with Crippen LogP contribution in [-0.2, 0) is 13.0 Å². The second kappa shape index (κ2) is 5.18. The molecule has 0 amide bonds. The number of fused-ring (bicyclic) bond motifs is 2. The Morgan fingerprint density at radius 1 is 1.05 bits per heavy atom. The maximum atomic E-state index is 5.83. The number of hydrogen-bond acceptors (Lipinski definition) is 1. The van der Waals surface area contributed by atoms with Gasteiger partial charge in [0.2, 0.25) is 0 Å². The molecule has 0 bridgehead atoms. The Hall–Kier alpha value is -1.26. The summed E-state index contributed by atoms with van der Waals surface area (Å²) in [5, 5.41) is 1.26. The van der Waals surface area contributed by atoms with E-state index in [-0.39, 0.29) is 0 Å². The number of rotatable bonds is 2. The van der Waals surface area contributed by atoms with Crippen molar-refractivity contribution in [2.75, 3.05) is 6.61 Å². The summed E-state index contributed by atoms with van der Waals surface area (Å²) in [4.78, 5) is 0. The summed E-state index contributed by atoms with van der Waals surface area (Å²) in [6.45, 7) is 1.61. The molecule has 0 spiro atoms. The van der Waals surface area contributed by atoms with E-state index in [1.807, 2.05) is 0 Å². The molecular weight excluding hydrogens is 394 g/mol. The summed E-state index contributed by atoms with van der Waals surface area (Å²) >= 11 is 7.16. The lowest BCUT2D eigenvalue weighted by atomic mass is 10.1. The Morgan fingerprint density at radius 2 is 1.95 bits per heavy atom. The van der Waals surface area contributed by atoms with E-state index in [0.717, 1.165) is 34.3 Å². The van der Waals surface area contributed by atoms with Crippen molar-refractivity contribution in [1.29, 1.82) is 0 Å². The van der Waals surface area contributed by atoms with Crippen molar-refractivity contribution in [3.8, 4) is 5.75 Å². The van der Waals surface area contributed by atoms with Gasteiger partial charge in [0.1, 0.15) is 5.75 Å². The molecule has 0 saturated heterocycles. The quantitative estimate of drug-likeness (QED) is 0.574. The predicted octanol–water partition coefficient (Wildman–Crippen LogP) is 5.15. The van der Waals surface area contributed by atoms with Crippen LogP contribution in [0.5, 0.6) is 5.75 Å². The molecule has 106 valence electrons. The Labute approximate surface area is 140 Å². The van der Waals surface area contributed by atoms with Gasteiger partial charge in [-0.05, 0) is 41.3 Å². The molecule has 1 aromatic heterocycles. The molecule has 3 aromatic rings. The summed E-state index contributed by atoms with van der Waals surface area (Å²) in [6, 6.07) is 12.9. The largest absolute Gasteiger partial charge is 0.493 e. The first kappa shape index (κ1) is 13.4. The van der Waals surface area contributed by atoms with Crippen molar-refractivity contribution in [2.45, 2.75) is 13.0 Å². The minimum Gasteiger partial charge on any atom is -0.493 e. The van der Waals surface area contributed by atoms with Gasteiger partial charge in [0, 0.05) is 32.6 Å². The van der Waals surface area contributed by atoms with Crippen LogP contribution in [0.1, 0.15) is 11.1 Å². The second-order valence-electron chi connectivity index (χ2n) is 5.30. The zero-order valence-corrected chi connectivity index (χ0v) is 14.4. The van der Waals surface area contributed by atoms with Gasteiger partial charge >= 0.3 is 0 Å². The van der Waals surface area contributed by atoms with Gasteiger partial charge in [-0.2, -0.15) is 0 Å². The fourth-order valence-electron chi connectivity index (χ4n) is 2.94. The molecule has 4 rings (SSSR count). The Kier molecular flexibility index (Phi) is 3.31. The number of benzene rings is 2. The highest BCUT2D eigenvalue weighted by Gasteiger charge is 2.18. The van der Waals surface area contributed by atoms with Gasteiger partial charge < -0.3 is 9.30 Å². The SMILES string of the molecule is Brc1cc2c(c(Cn3ccc4ccc(Br)cc43)c1)OCC2. The molecule has 0 atom stereocenters. The molecule has 4 heteroatoms. The first-order chi connectivity index (χ1) is 10.2.